The normalized spacial score (nSPS) is 14.1. The average molecular weight is 391 g/mol. The Hall–Kier alpha value is -2.99. The van der Waals surface area contributed by atoms with Crippen molar-refractivity contribution in [2.45, 2.75) is 32.9 Å². The highest BCUT2D eigenvalue weighted by molar-refractivity contribution is 7.13. The molecular formula is C22H21N3O2S. The van der Waals surface area contributed by atoms with Crippen molar-refractivity contribution in [1.29, 1.82) is 0 Å². The molecule has 3 aromatic rings. The van der Waals surface area contributed by atoms with Crippen LogP contribution < -0.4 is 5.32 Å². The maximum atomic E-state index is 13.0. The van der Waals surface area contributed by atoms with Crippen LogP contribution in [-0.4, -0.2) is 21.7 Å². The van der Waals surface area contributed by atoms with Crippen LogP contribution in [0.3, 0.4) is 0 Å². The van der Waals surface area contributed by atoms with Gasteiger partial charge in [0.1, 0.15) is 0 Å². The highest BCUT2D eigenvalue weighted by Crippen LogP contribution is 2.34. The summed E-state index contributed by atoms with van der Waals surface area (Å²) in [5, 5.41) is 5.35. The van der Waals surface area contributed by atoms with E-state index in [-0.39, 0.29) is 24.3 Å². The van der Waals surface area contributed by atoms with Crippen molar-refractivity contribution >= 4 is 28.3 Å². The lowest BCUT2D eigenvalue weighted by Crippen LogP contribution is -2.32. The Balaban J connectivity index is 1.60. The average Bonchev–Trinajstić information content (AvgIpc) is 3.24. The van der Waals surface area contributed by atoms with Gasteiger partial charge in [0.2, 0.25) is 5.91 Å². The Morgan fingerprint density at radius 3 is 2.61 bits per heavy atom. The first kappa shape index (κ1) is 18.4. The molecule has 5 nitrogen and oxygen atoms in total. The van der Waals surface area contributed by atoms with E-state index in [4.69, 9.17) is 0 Å². The Morgan fingerprint density at radius 2 is 1.93 bits per heavy atom. The number of carbonyl (C=O) groups excluding carboxylic acids is 2. The van der Waals surface area contributed by atoms with E-state index < -0.39 is 0 Å². The van der Waals surface area contributed by atoms with Gasteiger partial charge in [0.15, 0.2) is 5.13 Å². The Bertz CT molecular complexity index is 1030. The Morgan fingerprint density at radius 1 is 1.18 bits per heavy atom. The van der Waals surface area contributed by atoms with Crippen LogP contribution in [0.1, 0.15) is 45.2 Å². The van der Waals surface area contributed by atoms with E-state index in [1.54, 1.807) is 4.90 Å². The van der Waals surface area contributed by atoms with Crippen molar-refractivity contribution < 1.29 is 9.59 Å². The van der Waals surface area contributed by atoms with Gasteiger partial charge in [-0.2, -0.15) is 0 Å². The van der Waals surface area contributed by atoms with Gasteiger partial charge >= 0.3 is 0 Å². The zero-order valence-electron chi connectivity index (χ0n) is 15.8. The molecule has 1 N–H and O–H groups in total. The zero-order chi connectivity index (χ0) is 19.7. The van der Waals surface area contributed by atoms with Crippen LogP contribution in [0.2, 0.25) is 0 Å². The molecule has 1 aliphatic heterocycles. The van der Waals surface area contributed by atoms with Crippen LogP contribution in [0.25, 0.3) is 0 Å². The third-order valence-electron chi connectivity index (χ3n) is 4.93. The largest absolute Gasteiger partial charge is 0.327 e. The van der Waals surface area contributed by atoms with Crippen molar-refractivity contribution in [2.24, 2.45) is 0 Å². The number of thiazole rings is 1. The fourth-order valence-electron chi connectivity index (χ4n) is 3.48. The van der Waals surface area contributed by atoms with E-state index in [0.29, 0.717) is 11.7 Å². The minimum atomic E-state index is -0.332. The van der Waals surface area contributed by atoms with Gasteiger partial charge in [-0.3, -0.25) is 9.59 Å². The molecule has 6 heteroatoms. The molecular weight excluding hydrogens is 370 g/mol. The summed E-state index contributed by atoms with van der Waals surface area (Å²) in [4.78, 5) is 31.8. The summed E-state index contributed by atoms with van der Waals surface area (Å²) in [5.41, 5.74) is 4.69. The zero-order valence-corrected chi connectivity index (χ0v) is 16.6. The standard InChI is InChI=1S/C22H21N3O2S/c1-14-7-9-16(10-8-14)19(11-20(26)24-22-23-15(2)13-28-22)25-12-17-5-3-4-6-18(17)21(25)27/h3-10,13,19H,11-12H2,1-2H3,(H,23,24,26). The first-order valence-electron chi connectivity index (χ1n) is 9.18. The second-order valence-corrected chi connectivity index (χ2v) is 7.92. The van der Waals surface area contributed by atoms with Crippen molar-refractivity contribution in [3.05, 3.63) is 81.9 Å². The lowest BCUT2D eigenvalue weighted by atomic mass is 10.0. The summed E-state index contributed by atoms with van der Waals surface area (Å²) in [5.74, 6) is -0.178. The first-order valence-corrected chi connectivity index (χ1v) is 10.1. The number of benzene rings is 2. The fraction of sp³-hybridized carbons (Fsp3) is 0.227. The molecule has 0 bridgehead atoms. The number of hydrogen-bond donors (Lipinski definition) is 1. The Kier molecular flexibility index (Phi) is 4.96. The number of hydrogen-bond acceptors (Lipinski definition) is 4. The van der Waals surface area contributed by atoms with Gasteiger partial charge in [-0.05, 0) is 31.0 Å². The number of fused-ring (bicyclic) bond motifs is 1. The molecule has 2 heterocycles. The fourth-order valence-corrected chi connectivity index (χ4v) is 4.19. The van der Waals surface area contributed by atoms with Gasteiger partial charge in [0.25, 0.3) is 5.91 Å². The highest BCUT2D eigenvalue weighted by atomic mass is 32.1. The summed E-state index contributed by atoms with van der Waals surface area (Å²) in [6.07, 6.45) is 0.182. The van der Waals surface area contributed by atoms with E-state index in [2.05, 4.69) is 10.3 Å². The first-order chi connectivity index (χ1) is 13.5. The lowest BCUT2D eigenvalue weighted by Gasteiger charge is -2.28. The topological polar surface area (TPSA) is 62.3 Å². The molecule has 2 aromatic carbocycles. The molecule has 0 aliphatic carbocycles. The van der Waals surface area contributed by atoms with Gasteiger partial charge in [0, 0.05) is 17.5 Å². The molecule has 1 atom stereocenters. The molecule has 0 saturated carbocycles. The number of amides is 2. The van der Waals surface area contributed by atoms with E-state index in [9.17, 15) is 9.59 Å². The van der Waals surface area contributed by atoms with Crippen molar-refractivity contribution in [3.63, 3.8) is 0 Å². The SMILES string of the molecule is Cc1ccc(C(CC(=O)Nc2nc(C)cs2)N2Cc3ccccc3C2=O)cc1. The third kappa shape index (κ3) is 3.68. The molecule has 1 unspecified atom stereocenters. The van der Waals surface area contributed by atoms with Gasteiger partial charge in [-0.25, -0.2) is 4.98 Å². The summed E-state index contributed by atoms with van der Waals surface area (Å²) in [6, 6.07) is 15.3. The van der Waals surface area contributed by atoms with E-state index >= 15 is 0 Å². The summed E-state index contributed by atoms with van der Waals surface area (Å²) in [7, 11) is 0. The molecule has 1 aromatic heterocycles. The summed E-state index contributed by atoms with van der Waals surface area (Å²) in [6.45, 7) is 4.42. The number of rotatable bonds is 5. The molecule has 0 saturated heterocycles. The predicted octanol–water partition coefficient (Wildman–Crippen LogP) is 4.49. The van der Waals surface area contributed by atoms with E-state index in [0.717, 1.165) is 27.9 Å². The minimum absolute atomic E-state index is 0.0286. The van der Waals surface area contributed by atoms with E-state index in [1.807, 2.05) is 67.8 Å². The van der Waals surface area contributed by atoms with Gasteiger partial charge < -0.3 is 10.2 Å². The van der Waals surface area contributed by atoms with Gasteiger partial charge in [-0.1, -0.05) is 48.0 Å². The monoisotopic (exact) mass is 391 g/mol. The summed E-state index contributed by atoms with van der Waals surface area (Å²) >= 11 is 1.40. The number of carbonyl (C=O) groups is 2. The number of aromatic nitrogens is 1. The lowest BCUT2D eigenvalue weighted by molar-refractivity contribution is -0.117. The molecule has 0 radical (unpaired) electrons. The van der Waals surface area contributed by atoms with Crippen molar-refractivity contribution in [2.75, 3.05) is 5.32 Å². The van der Waals surface area contributed by atoms with Gasteiger partial charge in [0.05, 0.1) is 18.2 Å². The summed E-state index contributed by atoms with van der Waals surface area (Å²) < 4.78 is 0. The number of nitrogens with one attached hydrogen (secondary N) is 1. The van der Waals surface area contributed by atoms with Crippen LogP contribution in [0.4, 0.5) is 5.13 Å². The van der Waals surface area contributed by atoms with Crippen LogP contribution in [0.15, 0.2) is 53.9 Å². The number of nitrogens with zero attached hydrogens (tertiary/aromatic N) is 2. The quantitative estimate of drug-likeness (QED) is 0.697. The molecule has 0 spiro atoms. The molecule has 0 fully saturated rings. The molecule has 28 heavy (non-hydrogen) atoms. The molecule has 142 valence electrons. The van der Waals surface area contributed by atoms with Crippen molar-refractivity contribution in [1.82, 2.24) is 9.88 Å². The molecule has 1 aliphatic rings. The second-order valence-electron chi connectivity index (χ2n) is 7.06. The predicted molar refractivity (Wildman–Crippen MR) is 110 cm³/mol. The maximum absolute atomic E-state index is 13.0. The number of anilines is 1. The highest BCUT2D eigenvalue weighted by Gasteiger charge is 2.34. The minimum Gasteiger partial charge on any atom is -0.327 e. The van der Waals surface area contributed by atoms with Crippen LogP contribution in [-0.2, 0) is 11.3 Å². The molecule has 2 amide bonds. The smallest absolute Gasteiger partial charge is 0.255 e. The molecule has 4 rings (SSSR count). The third-order valence-corrected chi connectivity index (χ3v) is 5.81. The Labute approximate surface area is 168 Å². The van der Waals surface area contributed by atoms with Gasteiger partial charge in [-0.15, -0.1) is 11.3 Å². The van der Waals surface area contributed by atoms with Crippen LogP contribution in [0.5, 0.6) is 0 Å². The second kappa shape index (κ2) is 7.56. The number of aryl methyl sites for hydroxylation is 2. The van der Waals surface area contributed by atoms with Crippen molar-refractivity contribution in [3.8, 4) is 0 Å². The van der Waals surface area contributed by atoms with Crippen LogP contribution in [0, 0.1) is 13.8 Å². The van der Waals surface area contributed by atoms with Crippen LogP contribution >= 0.6 is 11.3 Å². The van der Waals surface area contributed by atoms with E-state index in [1.165, 1.54) is 11.3 Å². The maximum Gasteiger partial charge on any atom is 0.255 e.